The molecule has 0 bridgehead atoms. The lowest BCUT2D eigenvalue weighted by atomic mass is 10.0. The van der Waals surface area contributed by atoms with Crippen LogP contribution in [0.2, 0.25) is 5.15 Å². The third-order valence-electron chi connectivity index (χ3n) is 3.63. The maximum absolute atomic E-state index is 9.49. The van der Waals surface area contributed by atoms with Gasteiger partial charge in [-0.15, -0.1) is 0 Å². The molecule has 0 aliphatic carbocycles. The van der Waals surface area contributed by atoms with Crippen molar-refractivity contribution in [1.82, 2.24) is 15.3 Å². The van der Waals surface area contributed by atoms with Crippen molar-refractivity contribution in [2.24, 2.45) is 0 Å². The summed E-state index contributed by atoms with van der Waals surface area (Å²) in [5.41, 5.74) is 2.99. The smallest absolute Gasteiger partial charge is 0.130 e. The number of rotatable bonds is 6. The van der Waals surface area contributed by atoms with E-state index in [2.05, 4.69) is 15.3 Å². The molecule has 1 aromatic carbocycles. The van der Waals surface area contributed by atoms with E-state index in [-0.39, 0.29) is 18.1 Å². The molecule has 7 heteroatoms. The Morgan fingerprint density at radius 2 is 2.12 bits per heavy atom. The van der Waals surface area contributed by atoms with Crippen molar-refractivity contribution in [1.29, 1.82) is 5.41 Å². The Labute approximate surface area is 155 Å². The predicted octanol–water partition coefficient (Wildman–Crippen LogP) is 3.65. The number of pyridine rings is 2. The number of phenolic OH excluding ortho intramolecular Hbond substituents is 1. The van der Waals surface area contributed by atoms with E-state index in [4.69, 9.17) is 21.7 Å². The number of benzene rings is 1. The molecule has 0 fully saturated rings. The second kappa shape index (κ2) is 7.84. The van der Waals surface area contributed by atoms with Gasteiger partial charge in [0.2, 0.25) is 0 Å². The summed E-state index contributed by atoms with van der Waals surface area (Å²) >= 11 is 5.96. The summed E-state index contributed by atoms with van der Waals surface area (Å²) in [7, 11) is 1.76. The summed E-state index contributed by atoms with van der Waals surface area (Å²) in [6.45, 7) is 0.0397. The molecule has 0 amide bonds. The summed E-state index contributed by atoms with van der Waals surface area (Å²) in [4.78, 5) is 8.64. The minimum absolute atomic E-state index is 0.0397. The topological polar surface area (TPSA) is 91.1 Å². The van der Waals surface area contributed by atoms with Crippen LogP contribution in [0.1, 0.15) is 5.56 Å². The molecule has 0 aliphatic rings. The quantitative estimate of drug-likeness (QED) is 0.456. The minimum Gasteiger partial charge on any atom is -0.508 e. The number of halogens is 1. The highest BCUT2D eigenvalue weighted by molar-refractivity contribution is 6.29. The fraction of sp³-hybridized carbons (Fsp3) is 0.105. The van der Waals surface area contributed by atoms with Gasteiger partial charge in [0.25, 0.3) is 0 Å². The second-order valence-corrected chi connectivity index (χ2v) is 5.89. The lowest BCUT2D eigenvalue weighted by Gasteiger charge is -2.12. The molecule has 0 saturated carbocycles. The highest BCUT2D eigenvalue weighted by atomic mass is 35.5. The highest BCUT2D eigenvalue weighted by Gasteiger charge is 2.12. The Kier molecular flexibility index (Phi) is 5.34. The first-order valence-corrected chi connectivity index (χ1v) is 8.24. The van der Waals surface area contributed by atoms with Crippen molar-refractivity contribution in [2.45, 2.75) is 0 Å². The Balaban J connectivity index is 1.84. The van der Waals surface area contributed by atoms with Crippen LogP contribution in [0.3, 0.4) is 0 Å². The summed E-state index contributed by atoms with van der Waals surface area (Å²) in [6.07, 6.45) is 3.39. The molecule has 0 aliphatic heterocycles. The van der Waals surface area contributed by atoms with E-state index in [0.717, 1.165) is 11.1 Å². The van der Waals surface area contributed by atoms with Crippen LogP contribution in [0, 0.1) is 5.41 Å². The van der Waals surface area contributed by atoms with Gasteiger partial charge in [0.05, 0.1) is 16.7 Å². The van der Waals surface area contributed by atoms with Gasteiger partial charge in [-0.25, -0.2) is 4.98 Å². The number of nitrogens with one attached hydrogen (secondary N) is 2. The van der Waals surface area contributed by atoms with Crippen LogP contribution in [0.25, 0.3) is 16.6 Å². The molecule has 132 valence electrons. The summed E-state index contributed by atoms with van der Waals surface area (Å²) in [5, 5.41) is 21.2. The molecular formula is C19H17ClN4O2. The molecule has 3 N–H and O–H groups in total. The third kappa shape index (κ3) is 4.10. The van der Waals surface area contributed by atoms with Crippen LogP contribution in [-0.2, 0) is 0 Å². The standard InChI is InChI=1S/C19H17ClN4O2/c1-22-10-15(16(21)11-26-14-4-2-3-13(25)8-14)12-7-18-17(23-9-12)5-6-19(20)24-18/h2-10,21-22,25H,11H2,1H3/b15-10-,21-16?. The van der Waals surface area contributed by atoms with E-state index in [1.165, 1.54) is 6.07 Å². The Morgan fingerprint density at radius 1 is 1.27 bits per heavy atom. The number of ether oxygens (including phenoxy) is 1. The largest absolute Gasteiger partial charge is 0.508 e. The molecule has 2 aromatic heterocycles. The zero-order valence-electron chi connectivity index (χ0n) is 14.0. The fourth-order valence-electron chi connectivity index (χ4n) is 2.42. The van der Waals surface area contributed by atoms with Crippen LogP contribution < -0.4 is 10.1 Å². The van der Waals surface area contributed by atoms with E-state index >= 15 is 0 Å². The molecule has 2 heterocycles. The van der Waals surface area contributed by atoms with Crippen molar-refractivity contribution in [2.75, 3.05) is 13.7 Å². The van der Waals surface area contributed by atoms with E-state index < -0.39 is 0 Å². The maximum Gasteiger partial charge on any atom is 0.130 e. The van der Waals surface area contributed by atoms with Gasteiger partial charge in [0.15, 0.2) is 0 Å². The van der Waals surface area contributed by atoms with E-state index in [9.17, 15) is 5.11 Å². The predicted molar refractivity (Wildman–Crippen MR) is 103 cm³/mol. The molecule has 0 spiro atoms. The average molecular weight is 369 g/mol. The van der Waals surface area contributed by atoms with Crippen molar-refractivity contribution < 1.29 is 9.84 Å². The monoisotopic (exact) mass is 368 g/mol. The lowest BCUT2D eigenvalue weighted by Crippen LogP contribution is -2.14. The summed E-state index contributed by atoms with van der Waals surface area (Å²) < 4.78 is 5.59. The second-order valence-electron chi connectivity index (χ2n) is 5.51. The number of aromatic nitrogens is 2. The highest BCUT2D eigenvalue weighted by Crippen LogP contribution is 2.22. The maximum atomic E-state index is 9.49. The Bertz CT molecular complexity index is 988. The zero-order valence-corrected chi connectivity index (χ0v) is 14.8. The van der Waals surface area contributed by atoms with Gasteiger partial charge >= 0.3 is 0 Å². The van der Waals surface area contributed by atoms with Gasteiger partial charge in [0.1, 0.15) is 23.3 Å². The van der Waals surface area contributed by atoms with Crippen molar-refractivity contribution in [3.63, 3.8) is 0 Å². The van der Waals surface area contributed by atoms with Gasteiger partial charge in [0, 0.05) is 36.6 Å². The normalized spacial score (nSPS) is 11.4. The van der Waals surface area contributed by atoms with Crippen LogP contribution in [-0.4, -0.2) is 34.4 Å². The molecular weight excluding hydrogens is 352 g/mol. The van der Waals surface area contributed by atoms with Crippen LogP contribution in [0.4, 0.5) is 0 Å². The number of aromatic hydroxyl groups is 1. The first-order chi connectivity index (χ1) is 12.6. The first kappa shape index (κ1) is 17.7. The third-order valence-corrected chi connectivity index (χ3v) is 3.84. The number of phenols is 1. The van der Waals surface area contributed by atoms with Crippen LogP contribution in [0.5, 0.6) is 11.5 Å². The van der Waals surface area contributed by atoms with E-state index in [1.807, 2.05) is 6.07 Å². The number of nitrogens with zero attached hydrogens (tertiary/aromatic N) is 2. The van der Waals surface area contributed by atoms with Gasteiger partial charge in [-0.3, -0.25) is 4.98 Å². The van der Waals surface area contributed by atoms with Crippen LogP contribution in [0.15, 0.2) is 54.9 Å². The first-order valence-electron chi connectivity index (χ1n) is 7.86. The Hall–Kier alpha value is -3.12. The van der Waals surface area contributed by atoms with Gasteiger partial charge < -0.3 is 20.6 Å². The molecule has 3 rings (SSSR count). The molecule has 0 atom stereocenters. The molecule has 0 saturated heterocycles. The summed E-state index contributed by atoms with van der Waals surface area (Å²) in [5.74, 6) is 0.602. The average Bonchev–Trinajstić information content (AvgIpc) is 2.63. The molecule has 26 heavy (non-hydrogen) atoms. The molecule has 0 unspecified atom stereocenters. The zero-order chi connectivity index (χ0) is 18.5. The van der Waals surface area contributed by atoms with E-state index in [1.54, 1.807) is 49.8 Å². The Morgan fingerprint density at radius 3 is 2.88 bits per heavy atom. The number of hydrogen-bond donors (Lipinski definition) is 3. The lowest BCUT2D eigenvalue weighted by molar-refractivity contribution is 0.373. The molecule has 0 radical (unpaired) electrons. The van der Waals surface area contributed by atoms with E-state index in [0.29, 0.717) is 22.0 Å². The number of hydrogen-bond acceptors (Lipinski definition) is 6. The molecule has 6 nitrogen and oxygen atoms in total. The van der Waals surface area contributed by atoms with Crippen molar-refractivity contribution >= 4 is 33.9 Å². The SMILES string of the molecule is CN/C=C(\C(=N)COc1cccc(O)c1)c1cnc2ccc(Cl)nc2c1. The van der Waals surface area contributed by atoms with Crippen molar-refractivity contribution in [3.8, 4) is 11.5 Å². The van der Waals surface area contributed by atoms with Crippen LogP contribution >= 0.6 is 11.6 Å². The van der Waals surface area contributed by atoms with Gasteiger partial charge in [-0.2, -0.15) is 0 Å². The fourth-order valence-corrected chi connectivity index (χ4v) is 2.58. The van der Waals surface area contributed by atoms with Gasteiger partial charge in [-0.05, 0) is 30.3 Å². The van der Waals surface area contributed by atoms with Gasteiger partial charge in [-0.1, -0.05) is 17.7 Å². The molecule has 3 aromatic rings. The minimum atomic E-state index is 0.0397. The van der Waals surface area contributed by atoms with Crippen molar-refractivity contribution in [3.05, 3.63) is 65.6 Å². The number of fused-ring (bicyclic) bond motifs is 1. The summed E-state index contributed by atoms with van der Waals surface area (Å²) in [6, 6.07) is 11.8.